The zero-order valence-electron chi connectivity index (χ0n) is 20.1. The van der Waals surface area contributed by atoms with Crippen LogP contribution in [0.3, 0.4) is 0 Å². The van der Waals surface area contributed by atoms with Crippen LogP contribution in [0.15, 0.2) is 72.1 Å². The summed E-state index contributed by atoms with van der Waals surface area (Å²) in [6.45, 7) is 7.79. The molecule has 3 atom stereocenters. The summed E-state index contributed by atoms with van der Waals surface area (Å²) in [5.74, 6) is -0.469. The van der Waals surface area contributed by atoms with Crippen LogP contribution in [0.1, 0.15) is 49.7 Å². The Bertz CT molecular complexity index is 1130. The lowest BCUT2D eigenvalue weighted by atomic mass is 9.69. The molecule has 3 unspecified atom stereocenters. The van der Waals surface area contributed by atoms with E-state index in [1.807, 2.05) is 44.2 Å². The third-order valence-electron chi connectivity index (χ3n) is 6.48. The zero-order valence-corrected chi connectivity index (χ0v) is 20.1. The highest BCUT2D eigenvalue weighted by molar-refractivity contribution is 6.01. The first-order chi connectivity index (χ1) is 16.3. The molecule has 0 spiro atoms. The lowest BCUT2D eigenvalue weighted by Crippen LogP contribution is -2.42. The molecule has 0 bridgehead atoms. The van der Waals surface area contributed by atoms with Crippen molar-refractivity contribution < 1.29 is 23.8 Å². The van der Waals surface area contributed by atoms with E-state index in [1.54, 1.807) is 20.3 Å². The van der Waals surface area contributed by atoms with Crippen LogP contribution >= 0.6 is 0 Å². The van der Waals surface area contributed by atoms with Gasteiger partial charge in [-0.25, -0.2) is 0 Å². The highest BCUT2D eigenvalue weighted by atomic mass is 16.5. The molecule has 1 aliphatic heterocycles. The molecule has 34 heavy (non-hydrogen) atoms. The first-order valence-corrected chi connectivity index (χ1v) is 11.5. The predicted molar refractivity (Wildman–Crippen MR) is 130 cm³/mol. The number of hydrogen-bond donors (Lipinski definition) is 1. The maximum Gasteiger partial charge on any atom is 0.316 e. The van der Waals surface area contributed by atoms with Crippen molar-refractivity contribution in [1.29, 1.82) is 0 Å². The van der Waals surface area contributed by atoms with Crippen molar-refractivity contribution in [2.24, 2.45) is 5.92 Å². The van der Waals surface area contributed by atoms with Crippen LogP contribution in [0.25, 0.3) is 0 Å². The topological polar surface area (TPSA) is 73.9 Å². The average molecular weight is 462 g/mol. The Morgan fingerprint density at radius 2 is 1.71 bits per heavy atom. The van der Waals surface area contributed by atoms with Crippen molar-refractivity contribution in [3.8, 4) is 11.5 Å². The molecular weight excluding hydrogens is 430 g/mol. The predicted octanol–water partition coefficient (Wildman–Crippen LogP) is 4.87. The fourth-order valence-electron chi connectivity index (χ4n) is 5.00. The van der Waals surface area contributed by atoms with Gasteiger partial charge in [0.05, 0.1) is 20.3 Å². The number of carbonyl (C=O) groups is 2. The van der Waals surface area contributed by atoms with Gasteiger partial charge in [-0.3, -0.25) is 9.59 Å². The largest absolute Gasteiger partial charge is 0.493 e. The zero-order chi connectivity index (χ0) is 24.4. The summed E-state index contributed by atoms with van der Waals surface area (Å²) in [5, 5.41) is 3.31. The first-order valence-electron chi connectivity index (χ1n) is 11.5. The quantitative estimate of drug-likeness (QED) is 0.619. The number of methoxy groups -OCH3 is 2. The van der Waals surface area contributed by atoms with Crippen molar-refractivity contribution in [3.63, 3.8) is 0 Å². The van der Waals surface area contributed by atoms with Gasteiger partial charge in [0, 0.05) is 29.3 Å². The summed E-state index contributed by atoms with van der Waals surface area (Å²) in [5.41, 5.74) is 3.88. The number of nitrogens with one attached hydrogen (secondary N) is 1. The summed E-state index contributed by atoms with van der Waals surface area (Å²) in [4.78, 5) is 26.9. The Hall–Kier alpha value is -3.54. The van der Waals surface area contributed by atoms with Gasteiger partial charge in [-0.15, -0.1) is 0 Å². The van der Waals surface area contributed by atoms with E-state index >= 15 is 0 Å². The van der Waals surface area contributed by atoms with Crippen LogP contribution in [0.4, 0.5) is 0 Å². The monoisotopic (exact) mass is 461 g/mol. The van der Waals surface area contributed by atoms with E-state index in [9.17, 15) is 9.59 Å². The Labute approximate surface area is 200 Å². The van der Waals surface area contributed by atoms with Gasteiger partial charge in [0.25, 0.3) is 0 Å². The standard InChI is InChI=1S/C28H31NO5/c1-16(2)34-28(31)25-17(3)29-21-13-20(18-9-7-6-8-10-18)14-22(30)27(21)26(25)19-11-12-23(32-4)24(15-19)33-5/h6-12,15-16,20,25-26,29H,3,13-14H2,1-2,4-5H3. The second-order valence-corrected chi connectivity index (χ2v) is 9.04. The summed E-state index contributed by atoms with van der Waals surface area (Å²) < 4.78 is 16.5. The normalized spacial score (nSPS) is 22.2. The number of carbonyl (C=O) groups excluding carboxylic acids is 2. The highest BCUT2D eigenvalue weighted by Crippen LogP contribution is 2.48. The number of allylic oxidation sites excluding steroid dienone is 2. The number of hydrogen-bond acceptors (Lipinski definition) is 6. The van der Waals surface area contributed by atoms with Gasteiger partial charge in [-0.05, 0) is 49.4 Å². The number of esters is 1. The number of ketones is 1. The fourth-order valence-corrected chi connectivity index (χ4v) is 5.00. The summed E-state index contributed by atoms with van der Waals surface area (Å²) in [6.07, 6.45) is 0.762. The van der Waals surface area contributed by atoms with Crippen molar-refractivity contribution in [1.82, 2.24) is 5.32 Å². The number of Topliss-reactive ketones (excluding diaryl/α,β-unsaturated/α-hetero) is 1. The molecule has 1 heterocycles. The van der Waals surface area contributed by atoms with Crippen molar-refractivity contribution in [3.05, 3.63) is 83.2 Å². The van der Waals surface area contributed by atoms with Crippen LogP contribution in [-0.4, -0.2) is 32.1 Å². The van der Waals surface area contributed by atoms with E-state index in [0.717, 1.165) is 16.8 Å². The number of benzene rings is 2. The van der Waals surface area contributed by atoms with E-state index < -0.39 is 17.8 Å². The molecule has 6 heteroatoms. The molecule has 0 saturated heterocycles. The van der Waals surface area contributed by atoms with E-state index in [1.165, 1.54) is 0 Å². The fraction of sp³-hybridized carbons (Fsp3) is 0.357. The Kier molecular flexibility index (Phi) is 6.77. The second-order valence-electron chi connectivity index (χ2n) is 9.04. The molecule has 1 N–H and O–H groups in total. The van der Waals surface area contributed by atoms with E-state index in [2.05, 4.69) is 24.0 Å². The Morgan fingerprint density at radius 3 is 2.35 bits per heavy atom. The van der Waals surface area contributed by atoms with Crippen molar-refractivity contribution >= 4 is 11.8 Å². The van der Waals surface area contributed by atoms with Gasteiger partial charge in [0.2, 0.25) is 0 Å². The maximum atomic E-state index is 13.6. The van der Waals surface area contributed by atoms with Gasteiger partial charge >= 0.3 is 5.97 Å². The van der Waals surface area contributed by atoms with Crippen molar-refractivity contribution in [2.45, 2.75) is 44.6 Å². The first kappa shape index (κ1) is 23.6. The van der Waals surface area contributed by atoms with Gasteiger partial charge in [0.1, 0.15) is 5.92 Å². The van der Waals surface area contributed by atoms with Crippen LogP contribution in [0.2, 0.25) is 0 Å². The number of ether oxygens (including phenoxy) is 3. The maximum absolute atomic E-state index is 13.6. The van der Waals surface area contributed by atoms with Crippen molar-refractivity contribution in [2.75, 3.05) is 14.2 Å². The minimum atomic E-state index is -0.739. The third-order valence-corrected chi connectivity index (χ3v) is 6.48. The molecule has 2 aromatic carbocycles. The molecule has 0 aromatic heterocycles. The van der Waals surface area contributed by atoms with E-state index in [4.69, 9.17) is 14.2 Å². The second kappa shape index (κ2) is 9.75. The molecule has 2 aromatic rings. The molecular formula is C28H31NO5. The SMILES string of the molecule is C=C1NC2=C(C(=O)CC(c3ccccc3)C2)C(c2ccc(OC)c(OC)c2)C1C(=O)OC(C)C. The highest BCUT2D eigenvalue weighted by Gasteiger charge is 2.45. The molecule has 4 rings (SSSR count). The molecule has 2 aliphatic rings. The molecule has 0 amide bonds. The average Bonchev–Trinajstić information content (AvgIpc) is 2.82. The lowest BCUT2D eigenvalue weighted by Gasteiger charge is -2.40. The molecule has 0 radical (unpaired) electrons. The third kappa shape index (κ3) is 4.45. The van der Waals surface area contributed by atoms with Gasteiger partial charge in [-0.1, -0.05) is 43.0 Å². The van der Waals surface area contributed by atoms with Crippen LogP contribution in [0, 0.1) is 5.92 Å². The minimum absolute atomic E-state index is 0.0252. The van der Waals surface area contributed by atoms with Gasteiger partial charge < -0.3 is 19.5 Å². The van der Waals surface area contributed by atoms with Gasteiger partial charge in [-0.2, -0.15) is 0 Å². The molecule has 6 nitrogen and oxygen atoms in total. The summed E-state index contributed by atoms with van der Waals surface area (Å²) in [6, 6.07) is 15.6. The summed E-state index contributed by atoms with van der Waals surface area (Å²) >= 11 is 0. The Morgan fingerprint density at radius 1 is 1.00 bits per heavy atom. The van der Waals surface area contributed by atoms with E-state index in [0.29, 0.717) is 35.6 Å². The molecule has 0 fully saturated rings. The Balaban J connectivity index is 1.83. The van der Waals surface area contributed by atoms with Crippen LogP contribution < -0.4 is 14.8 Å². The molecule has 0 saturated carbocycles. The summed E-state index contributed by atoms with van der Waals surface area (Å²) in [7, 11) is 3.14. The smallest absolute Gasteiger partial charge is 0.316 e. The molecule has 1 aliphatic carbocycles. The minimum Gasteiger partial charge on any atom is -0.493 e. The molecule has 178 valence electrons. The lowest BCUT2D eigenvalue weighted by molar-refractivity contribution is -0.151. The van der Waals surface area contributed by atoms with E-state index in [-0.39, 0.29) is 17.8 Å². The van der Waals surface area contributed by atoms with Gasteiger partial charge in [0.15, 0.2) is 17.3 Å². The number of rotatable bonds is 6. The van der Waals surface area contributed by atoms with Crippen LogP contribution in [-0.2, 0) is 14.3 Å². The van der Waals surface area contributed by atoms with Crippen LogP contribution in [0.5, 0.6) is 11.5 Å².